The van der Waals surface area contributed by atoms with E-state index >= 15 is 0 Å². The van der Waals surface area contributed by atoms with Gasteiger partial charge in [-0.25, -0.2) is 4.79 Å². The Morgan fingerprint density at radius 3 is 2.62 bits per heavy atom. The van der Waals surface area contributed by atoms with Crippen LogP contribution in [-0.4, -0.2) is 42.3 Å². The molecule has 1 saturated heterocycles. The number of rotatable bonds is 5. The predicted octanol–water partition coefficient (Wildman–Crippen LogP) is 4.19. The minimum absolute atomic E-state index is 0.443. The lowest BCUT2D eigenvalue weighted by atomic mass is 10.0. The molecule has 0 spiro atoms. The van der Waals surface area contributed by atoms with Crippen molar-refractivity contribution in [2.24, 2.45) is 0 Å². The molecule has 3 rings (SSSR count). The summed E-state index contributed by atoms with van der Waals surface area (Å²) in [6.45, 7) is 1.55. The first-order valence-electron chi connectivity index (χ1n) is 8.90. The van der Waals surface area contributed by atoms with Crippen molar-refractivity contribution in [2.45, 2.75) is 25.3 Å². The molecule has 0 aromatic heterocycles. The van der Waals surface area contributed by atoms with Crippen molar-refractivity contribution in [2.75, 3.05) is 25.0 Å². The topological polar surface area (TPSA) is 67.6 Å². The molecule has 26 heavy (non-hydrogen) atoms. The zero-order chi connectivity index (χ0) is 18.5. The number of nitrogens with zero attached hydrogens (tertiary/aromatic N) is 3. The second-order valence-electron chi connectivity index (χ2n) is 6.71. The molecule has 1 fully saturated rings. The molecule has 1 N–H and O–H groups in total. The highest BCUT2D eigenvalue weighted by Gasteiger charge is 2.24. The van der Waals surface area contributed by atoms with Gasteiger partial charge in [0.2, 0.25) is 0 Å². The van der Waals surface area contributed by atoms with Gasteiger partial charge in [-0.3, -0.25) is 4.90 Å². The van der Waals surface area contributed by atoms with E-state index in [9.17, 15) is 9.90 Å². The summed E-state index contributed by atoms with van der Waals surface area (Å²) in [4.78, 5) is 15.7. The molecule has 1 unspecified atom stereocenters. The maximum Gasteiger partial charge on any atom is 0.411 e. The summed E-state index contributed by atoms with van der Waals surface area (Å²) in [6.07, 6.45) is 2.19. The van der Waals surface area contributed by atoms with Crippen LogP contribution in [-0.2, 0) is 0 Å². The lowest BCUT2D eigenvalue weighted by molar-refractivity contribution is 0.200. The van der Waals surface area contributed by atoms with Crippen molar-refractivity contribution in [3.8, 4) is 17.2 Å². The molecule has 5 nitrogen and oxygen atoms in total. The van der Waals surface area contributed by atoms with Gasteiger partial charge in [-0.15, -0.1) is 0 Å². The average molecular weight is 349 g/mol. The number of carbonyl (C=O) groups is 1. The molecule has 1 heterocycles. The largest absolute Gasteiger partial charge is 0.465 e. The first-order valence-corrected chi connectivity index (χ1v) is 8.90. The molecule has 2 aromatic carbocycles. The molecule has 5 heteroatoms. The molecule has 1 aliphatic heterocycles. The van der Waals surface area contributed by atoms with Crippen LogP contribution >= 0.6 is 0 Å². The van der Waals surface area contributed by atoms with Gasteiger partial charge in [-0.2, -0.15) is 5.26 Å². The summed E-state index contributed by atoms with van der Waals surface area (Å²) in [5, 5.41) is 18.8. The molecule has 0 radical (unpaired) electrons. The molecule has 0 aliphatic carbocycles. The highest BCUT2D eigenvalue weighted by molar-refractivity contribution is 5.92. The van der Waals surface area contributed by atoms with Gasteiger partial charge >= 0.3 is 6.09 Å². The van der Waals surface area contributed by atoms with Crippen molar-refractivity contribution >= 4 is 11.8 Å². The first-order chi connectivity index (χ1) is 12.6. The number of para-hydroxylation sites is 1. The lowest BCUT2D eigenvalue weighted by Gasteiger charge is -2.26. The number of hydrogen-bond acceptors (Lipinski definition) is 3. The number of benzene rings is 2. The van der Waals surface area contributed by atoms with Crippen LogP contribution in [0, 0.1) is 11.3 Å². The summed E-state index contributed by atoms with van der Waals surface area (Å²) in [6, 6.07) is 17.3. The third-order valence-electron chi connectivity index (χ3n) is 5.11. The third kappa shape index (κ3) is 3.87. The Labute approximate surface area is 154 Å². The Morgan fingerprint density at radius 1 is 1.27 bits per heavy atom. The summed E-state index contributed by atoms with van der Waals surface area (Å²) >= 11 is 0. The molecule has 1 aliphatic rings. The second-order valence-corrected chi connectivity index (χ2v) is 6.71. The van der Waals surface area contributed by atoms with Crippen molar-refractivity contribution < 1.29 is 9.90 Å². The molecule has 0 saturated carbocycles. The van der Waals surface area contributed by atoms with Gasteiger partial charge in [-0.1, -0.05) is 30.3 Å². The lowest BCUT2D eigenvalue weighted by Crippen LogP contribution is -2.35. The van der Waals surface area contributed by atoms with E-state index in [0.717, 1.165) is 30.5 Å². The van der Waals surface area contributed by atoms with E-state index in [-0.39, 0.29) is 0 Å². The van der Waals surface area contributed by atoms with Crippen molar-refractivity contribution in [1.29, 1.82) is 5.26 Å². The normalized spacial score (nSPS) is 17.0. The summed E-state index contributed by atoms with van der Waals surface area (Å²) in [5.41, 5.74) is 3.04. The van der Waals surface area contributed by atoms with Crippen LogP contribution in [0.15, 0.2) is 48.5 Å². The number of nitriles is 1. The maximum atomic E-state index is 11.9. The molecule has 0 bridgehead atoms. The summed E-state index contributed by atoms with van der Waals surface area (Å²) in [7, 11) is 2.10. The Balaban J connectivity index is 1.87. The van der Waals surface area contributed by atoms with Crippen LogP contribution in [0.3, 0.4) is 0 Å². The van der Waals surface area contributed by atoms with Crippen LogP contribution in [0.5, 0.6) is 0 Å². The SMILES string of the molecule is CN1CCCC1CCN(C(=O)O)c1ccccc1-c1ccc(C#N)cc1. The molecule has 134 valence electrons. The standard InChI is InChI=1S/C21H23N3O2/c1-23-13-4-5-18(23)12-14-24(21(25)26)20-7-3-2-6-19(20)17-10-8-16(15-22)9-11-17/h2-3,6-11,18H,4-5,12-14H2,1H3,(H,25,26). The van der Waals surface area contributed by atoms with Gasteiger partial charge in [0.1, 0.15) is 0 Å². The van der Waals surface area contributed by atoms with Gasteiger partial charge in [0.25, 0.3) is 0 Å². The van der Waals surface area contributed by atoms with E-state index in [1.165, 1.54) is 11.3 Å². The number of likely N-dealkylation sites (tertiary alicyclic amines) is 1. The number of carboxylic acid groups (broad SMARTS) is 1. The molecular weight excluding hydrogens is 326 g/mol. The van der Waals surface area contributed by atoms with Gasteiger partial charge in [0, 0.05) is 18.2 Å². The quantitative estimate of drug-likeness (QED) is 0.879. The predicted molar refractivity (Wildman–Crippen MR) is 102 cm³/mol. The smallest absolute Gasteiger partial charge is 0.411 e. The van der Waals surface area contributed by atoms with E-state index in [1.54, 1.807) is 12.1 Å². The van der Waals surface area contributed by atoms with E-state index in [2.05, 4.69) is 18.0 Å². The minimum Gasteiger partial charge on any atom is -0.465 e. The minimum atomic E-state index is -0.938. The van der Waals surface area contributed by atoms with Crippen molar-refractivity contribution in [3.05, 3.63) is 54.1 Å². The van der Waals surface area contributed by atoms with Gasteiger partial charge in [-0.05, 0) is 56.6 Å². The van der Waals surface area contributed by atoms with Crippen LogP contribution in [0.25, 0.3) is 11.1 Å². The number of amides is 1. The fourth-order valence-electron chi connectivity index (χ4n) is 3.62. The Kier molecular flexibility index (Phi) is 5.55. The maximum absolute atomic E-state index is 11.9. The first kappa shape index (κ1) is 18.0. The Bertz CT molecular complexity index is 811. The fraction of sp³-hybridized carbons (Fsp3) is 0.333. The van der Waals surface area contributed by atoms with Gasteiger partial charge in [0.05, 0.1) is 17.3 Å². The summed E-state index contributed by atoms with van der Waals surface area (Å²) < 4.78 is 0. The van der Waals surface area contributed by atoms with E-state index in [0.29, 0.717) is 23.8 Å². The second kappa shape index (κ2) is 8.03. The Hall–Kier alpha value is -2.84. The molecule has 1 atom stereocenters. The monoisotopic (exact) mass is 349 g/mol. The zero-order valence-electron chi connectivity index (χ0n) is 14.9. The van der Waals surface area contributed by atoms with E-state index in [1.807, 2.05) is 36.4 Å². The molecule has 2 aromatic rings. The fourth-order valence-corrected chi connectivity index (χ4v) is 3.62. The van der Waals surface area contributed by atoms with Crippen LogP contribution in [0.4, 0.5) is 10.5 Å². The number of anilines is 1. The third-order valence-corrected chi connectivity index (χ3v) is 5.11. The van der Waals surface area contributed by atoms with Crippen molar-refractivity contribution in [1.82, 2.24) is 4.90 Å². The van der Waals surface area contributed by atoms with Crippen molar-refractivity contribution in [3.63, 3.8) is 0 Å². The number of hydrogen-bond donors (Lipinski definition) is 1. The molecular formula is C21H23N3O2. The summed E-state index contributed by atoms with van der Waals surface area (Å²) in [5.74, 6) is 0. The van der Waals surface area contributed by atoms with Gasteiger partial charge in [0.15, 0.2) is 0 Å². The highest BCUT2D eigenvalue weighted by Crippen LogP contribution is 2.32. The highest BCUT2D eigenvalue weighted by atomic mass is 16.4. The van der Waals surface area contributed by atoms with Crippen LogP contribution < -0.4 is 4.90 Å². The van der Waals surface area contributed by atoms with Crippen LogP contribution in [0.2, 0.25) is 0 Å². The van der Waals surface area contributed by atoms with Crippen LogP contribution in [0.1, 0.15) is 24.8 Å². The Morgan fingerprint density at radius 2 is 2.00 bits per heavy atom. The van der Waals surface area contributed by atoms with Gasteiger partial charge < -0.3 is 10.0 Å². The zero-order valence-corrected chi connectivity index (χ0v) is 14.9. The van der Waals surface area contributed by atoms with E-state index in [4.69, 9.17) is 5.26 Å². The van der Waals surface area contributed by atoms with E-state index < -0.39 is 6.09 Å². The molecule has 1 amide bonds. The average Bonchev–Trinajstić information content (AvgIpc) is 3.07.